The summed E-state index contributed by atoms with van der Waals surface area (Å²) < 4.78 is 40.8. The van der Waals surface area contributed by atoms with E-state index in [1.807, 2.05) is 27.7 Å². The number of guanidine groups is 1. The highest BCUT2D eigenvalue weighted by Crippen LogP contribution is 2.26. The molecule has 1 heterocycles. The number of ether oxygens (including phenoxy) is 2. The minimum atomic E-state index is -2.92. The molecule has 0 amide bonds. The summed E-state index contributed by atoms with van der Waals surface area (Å²) in [5.41, 5.74) is 0.352. The Morgan fingerprint density at radius 3 is 2.62 bits per heavy atom. The van der Waals surface area contributed by atoms with Crippen LogP contribution < -0.4 is 20.1 Å². The van der Waals surface area contributed by atoms with Crippen LogP contribution in [0.5, 0.6) is 11.5 Å². The van der Waals surface area contributed by atoms with Crippen LogP contribution >= 0.6 is 0 Å². The Kier molecular flexibility index (Phi) is 7.81. The van der Waals surface area contributed by atoms with Gasteiger partial charge in [-0.2, -0.15) is 8.78 Å². The van der Waals surface area contributed by atoms with Gasteiger partial charge in [0.2, 0.25) is 5.89 Å². The molecule has 0 aliphatic rings. The van der Waals surface area contributed by atoms with E-state index < -0.39 is 6.61 Å². The van der Waals surface area contributed by atoms with Crippen molar-refractivity contribution in [3.05, 3.63) is 41.6 Å². The minimum absolute atomic E-state index is 0.0583. The Morgan fingerprint density at radius 2 is 2.03 bits per heavy atom. The number of alkyl halides is 2. The second kappa shape index (κ2) is 10.1. The maximum Gasteiger partial charge on any atom is 0.387 e. The molecular weight excluding hydrogens is 382 g/mol. The lowest BCUT2D eigenvalue weighted by Gasteiger charge is -2.14. The Labute approximate surface area is 169 Å². The molecule has 0 spiro atoms. The highest BCUT2D eigenvalue weighted by Gasteiger charge is 2.19. The summed E-state index contributed by atoms with van der Waals surface area (Å²) in [7, 11) is 1.50. The monoisotopic (exact) mass is 410 g/mol. The van der Waals surface area contributed by atoms with Crippen LogP contribution in [0.2, 0.25) is 0 Å². The van der Waals surface area contributed by atoms with Crippen LogP contribution in [0.4, 0.5) is 8.78 Å². The highest BCUT2D eigenvalue weighted by molar-refractivity contribution is 5.79. The summed E-state index contributed by atoms with van der Waals surface area (Å²) in [5, 5.41) is 6.22. The van der Waals surface area contributed by atoms with Gasteiger partial charge in [-0.25, -0.2) is 9.98 Å². The SMILES string of the molecule is CCNC(=NCc1cc(OC)ccc1OC(F)F)NCc1ncc(C(C)(C)C)o1. The van der Waals surface area contributed by atoms with Gasteiger partial charge in [0, 0.05) is 17.5 Å². The van der Waals surface area contributed by atoms with Gasteiger partial charge in [0.1, 0.15) is 17.3 Å². The first-order valence-electron chi connectivity index (χ1n) is 9.32. The van der Waals surface area contributed by atoms with Crippen molar-refractivity contribution in [1.82, 2.24) is 15.6 Å². The second-order valence-electron chi connectivity index (χ2n) is 7.27. The molecule has 1 aromatic heterocycles. The lowest BCUT2D eigenvalue weighted by atomic mass is 9.94. The molecule has 9 heteroatoms. The number of aliphatic imine (C=N–C) groups is 1. The van der Waals surface area contributed by atoms with Gasteiger partial charge >= 0.3 is 6.61 Å². The predicted molar refractivity (Wildman–Crippen MR) is 106 cm³/mol. The Hall–Kier alpha value is -2.84. The Bertz CT molecular complexity index is 816. The number of methoxy groups -OCH3 is 1. The van der Waals surface area contributed by atoms with Gasteiger partial charge in [-0.3, -0.25) is 0 Å². The van der Waals surface area contributed by atoms with E-state index in [1.165, 1.54) is 13.2 Å². The quantitative estimate of drug-likeness (QED) is 0.508. The number of nitrogens with one attached hydrogen (secondary N) is 2. The molecule has 0 unspecified atom stereocenters. The fourth-order valence-electron chi connectivity index (χ4n) is 2.42. The van der Waals surface area contributed by atoms with E-state index in [2.05, 4.69) is 25.3 Å². The molecule has 7 nitrogen and oxygen atoms in total. The van der Waals surface area contributed by atoms with E-state index in [4.69, 9.17) is 9.15 Å². The molecule has 160 valence electrons. The number of rotatable bonds is 8. The summed E-state index contributed by atoms with van der Waals surface area (Å²) in [4.78, 5) is 8.71. The van der Waals surface area contributed by atoms with Gasteiger partial charge in [0.05, 0.1) is 26.4 Å². The molecule has 0 saturated heterocycles. The zero-order valence-electron chi connectivity index (χ0n) is 17.4. The van der Waals surface area contributed by atoms with E-state index >= 15 is 0 Å². The number of benzene rings is 1. The number of halogens is 2. The lowest BCUT2D eigenvalue weighted by Crippen LogP contribution is -2.36. The summed E-state index contributed by atoms with van der Waals surface area (Å²) in [6, 6.07) is 4.62. The van der Waals surface area contributed by atoms with Gasteiger partial charge in [0.25, 0.3) is 0 Å². The van der Waals surface area contributed by atoms with Crippen molar-refractivity contribution in [2.24, 2.45) is 4.99 Å². The molecule has 0 bridgehead atoms. The van der Waals surface area contributed by atoms with Crippen molar-refractivity contribution in [3.63, 3.8) is 0 Å². The fraction of sp³-hybridized carbons (Fsp3) is 0.500. The fourth-order valence-corrected chi connectivity index (χ4v) is 2.42. The van der Waals surface area contributed by atoms with Gasteiger partial charge in [0.15, 0.2) is 5.96 Å². The topological polar surface area (TPSA) is 80.9 Å². The summed E-state index contributed by atoms with van der Waals surface area (Å²) >= 11 is 0. The van der Waals surface area contributed by atoms with Gasteiger partial charge in [-0.05, 0) is 25.1 Å². The van der Waals surface area contributed by atoms with Crippen molar-refractivity contribution in [2.45, 2.75) is 52.8 Å². The number of hydrogen-bond donors (Lipinski definition) is 2. The van der Waals surface area contributed by atoms with Crippen molar-refractivity contribution >= 4 is 5.96 Å². The Balaban J connectivity index is 2.11. The van der Waals surface area contributed by atoms with Crippen LogP contribution in [0, 0.1) is 0 Å². The van der Waals surface area contributed by atoms with Crippen LogP contribution in [0.25, 0.3) is 0 Å². The van der Waals surface area contributed by atoms with Crippen LogP contribution in [-0.2, 0) is 18.5 Å². The largest absolute Gasteiger partial charge is 0.497 e. The van der Waals surface area contributed by atoms with Gasteiger partial charge in [-0.1, -0.05) is 20.8 Å². The highest BCUT2D eigenvalue weighted by atomic mass is 19.3. The van der Waals surface area contributed by atoms with Crippen LogP contribution in [0.1, 0.15) is 44.9 Å². The van der Waals surface area contributed by atoms with E-state index in [0.717, 1.165) is 5.76 Å². The molecule has 0 atom stereocenters. The average molecular weight is 410 g/mol. The first kappa shape index (κ1) is 22.4. The smallest absolute Gasteiger partial charge is 0.387 e. The van der Waals surface area contributed by atoms with E-state index in [0.29, 0.717) is 36.3 Å². The van der Waals surface area contributed by atoms with Crippen molar-refractivity contribution in [3.8, 4) is 11.5 Å². The van der Waals surface area contributed by atoms with Crippen LogP contribution in [-0.4, -0.2) is 31.2 Å². The Morgan fingerprint density at radius 1 is 1.28 bits per heavy atom. The standard InChI is InChI=1S/C20H28F2N4O3/c1-6-23-19(26-12-17-24-11-16(29-17)20(2,3)4)25-10-13-9-14(27-5)7-8-15(13)28-18(21)22/h7-9,11,18H,6,10,12H2,1-5H3,(H2,23,25,26). The molecule has 2 N–H and O–H groups in total. The van der Waals surface area contributed by atoms with E-state index in [9.17, 15) is 8.78 Å². The molecule has 2 rings (SSSR count). The maximum atomic E-state index is 12.7. The van der Waals surface area contributed by atoms with Crippen LogP contribution in [0.3, 0.4) is 0 Å². The predicted octanol–water partition coefficient (Wildman–Crippen LogP) is 3.84. The van der Waals surface area contributed by atoms with Crippen molar-refractivity contribution in [1.29, 1.82) is 0 Å². The number of hydrogen-bond acceptors (Lipinski definition) is 5. The first-order chi connectivity index (χ1) is 13.7. The third-order valence-corrected chi connectivity index (χ3v) is 3.94. The number of aromatic nitrogens is 1. The average Bonchev–Trinajstić information content (AvgIpc) is 3.14. The van der Waals surface area contributed by atoms with Crippen LogP contribution in [0.15, 0.2) is 33.8 Å². The molecule has 0 radical (unpaired) electrons. The molecule has 2 aromatic rings. The molecule has 0 aliphatic carbocycles. The normalized spacial score (nSPS) is 12.2. The number of oxazole rings is 1. The van der Waals surface area contributed by atoms with Crippen molar-refractivity contribution < 1.29 is 22.7 Å². The maximum absolute atomic E-state index is 12.7. The molecule has 0 fully saturated rings. The lowest BCUT2D eigenvalue weighted by molar-refractivity contribution is -0.0504. The molecule has 29 heavy (non-hydrogen) atoms. The zero-order chi connectivity index (χ0) is 21.4. The summed E-state index contributed by atoms with van der Waals surface area (Å²) in [5.74, 6) is 2.41. The molecule has 0 saturated carbocycles. The third-order valence-electron chi connectivity index (χ3n) is 3.94. The van der Waals surface area contributed by atoms with Crippen molar-refractivity contribution in [2.75, 3.05) is 13.7 Å². The number of nitrogens with zero attached hydrogens (tertiary/aromatic N) is 2. The first-order valence-corrected chi connectivity index (χ1v) is 9.32. The molecular formula is C20H28F2N4O3. The van der Waals surface area contributed by atoms with Gasteiger partial charge in [-0.15, -0.1) is 0 Å². The third kappa shape index (κ3) is 6.92. The molecule has 0 aliphatic heterocycles. The molecule has 1 aromatic carbocycles. The zero-order valence-corrected chi connectivity index (χ0v) is 17.4. The second-order valence-corrected chi connectivity index (χ2v) is 7.27. The summed E-state index contributed by atoms with van der Waals surface area (Å²) in [6.07, 6.45) is 1.71. The summed E-state index contributed by atoms with van der Waals surface area (Å²) in [6.45, 7) is 6.23. The van der Waals surface area contributed by atoms with E-state index in [1.54, 1.807) is 18.3 Å². The van der Waals surface area contributed by atoms with E-state index in [-0.39, 0.29) is 17.7 Å². The minimum Gasteiger partial charge on any atom is -0.497 e. The van der Waals surface area contributed by atoms with Gasteiger partial charge < -0.3 is 24.5 Å².